The number of rotatable bonds is 5. The van der Waals surface area contributed by atoms with Crippen molar-refractivity contribution in [3.05, 3.63) is 70.9 Å². The van der Waals surface area contributed by atoms with Gasteiger partial charge in [0.1, 0.15) is 17.9 Å². The van der Waals surface area contributed by atoms with Gasteiger partial charge in [-0.05, 0) is 36.8 Å². The van der Waals surface area contributed by atoms with Crippen LogP contribution in [0.1, 0.15) is 18.2 Å². The number of para-hydroxylation sites is 1. The highest BCUT2D eigenvalue weighted by Crippen LogP contribution is 2.32. The van der Waals surface area contributed by atoms with Gasteiger partial charge in [-0.15, -0.1) is 0 Å². The summed E-state index contributed by atoms with van der Waals surface area (Å²) < 4.78 is 5.77. The normalized spacial score (nSPS) is 18.9. The summed E-state index contributed by atoms with van der Waals surface area (Å²) in [4.78, 5) is 38.5. The van der Waals surface area contributed by atoms with Gasteiger partial charge < -0.3 is 15.1 Å². The van der Waals surface area contributed by atoms with Gasteiger partial charge in [-0.25, -0.2) is 4.79 Å². The average molecular weight is 412 g/mol. The number of imide groups is 1. The molecule has 2 aromatic carbocycles. The topological polar surface area (TPSA) is 91.7 Å². The molecule has 2 N–H and O–H groups in total. The van der Waals surface area contributed by atoms with Crippen LogP contribution in [0.4, 0.5) is 4.79 Å². The molecule has 1 atom stereocenters. The molecule has 1 fully saturated rings. The van der Waals surface area contributed by atoms with Crippen LogP contribution in [-0.2, 0) is 21.7 Å². The Morgan fingerprint density at radius 3 is 2.62 bits per heavy atom. The molecule has 0 bridgehead atoms. The molecule has 1 saturated heterocycles. The molecule has 1 unspecified atom stereocenters. The monoisotopic (exact) mass is 411 g/mol. The van der Waals surface area contributed by atoms with Gasteiger partial charge in [0.15, 0.2) is 5.54 Å². The molecule has 0 spiro atoms. The van der Waals surface area contributed by atoms with E-state index in [0.717, 1.165) is 15.8 Å². The van der Waals surface area contributed by atoms with E-state index in [4.69, 9.17) is 16.0 Å². The summed E-state index contributed by atoms with van der Waals surface area (Å²) in [6.07, 6.45) is 0. The second kappa shape index (κ2) is 7.25. The van der Waals surface area contributed by atoms with E-state index in [9.17, 15) is 14.4 Å². The lowest BCUT2D eigenvalue weighted by molar-refractivity contribution is -0.135. The quantitative estimate of drug-likeness (QED) is 0.631. The van der Waals surface area contributed by atoms with Crippen molar-refractivity contribution in [1.82, 2.24) is 15.5 Å². The Balaban J connectivity index is 1.46. The number of carbonyl (C=O) groups excluding carboxylic acids is 3. The van der Waals surface area contributed by atoms with Crippen LogP contribution in [-0.4, -0.2) is 29.3 Å². The number of benzene rings is 2. The molecule has 8 heteroatoms. The van der Waals surface area contributed by atoms with Gasteiger partial charge in [-0.1, -0.05) is 41.9 Å². The molecule has 4 rings (SSSR count). The van der Waals surface area contributed by atoms with Crippen molar-refractivity contribution in [2.24, 2.45) is 0 Å². The van der Waals surface area contributed by atoms with E-state index in [1.54, 1.807) is 43.3 Å². The summed E-state index contributed by atoms with van der Waals surface area (Å²) in [5.41, 5.74) is 0.101. The second-order valence-electron chi connectivity index (χ2n) is 7.00. The van der Waals surface area contributed by atoms with Crippen LogP contribution in [0.2, 0.25) is 5.02 Å². The Hall–Kier alpha value is -3.32. The number of amides is 4. The Bertz CT molecular complexity index is 1080. The third-order valence-corrected chi connectivity index (χ3v) is 5.15. The van der Waals surface area contributed by atoms with E-state index < -0.39 is 23.4 Å². The fourth-order valence-electron chi connectivity index (χ4n) is 3.24. The Morgan fingerprint density at radius 2 is 1.90 bits per heavy atom. The third kappa shape index (κ3) is 3.56. The van der Waals surface area contributed by atoms with Crippen molar-refractivity contribution >= 4 is 40.4 Å². The van der Waals surface area contributed by atoms with Gasteiger partial charge in [0.05, 0.1) is 0 Å². The molecule has 1 aliphatic heterocycles. The average Bonchev–Trinajstić information content (AvgIpc) is 3.23. The summed E-state index contributed by atoms with van der Waals surface area (Å²) in [7, 11) is 0. The molecule has 29 heavy (non-hydrogen) atoms. The lowest BCUT2D eigenvalue weighted by Gasteiger charge is -2.18. The molecule has 1 aromatic heterocycles. The highest BCUT2D eigenvalue weighted by molar-refractivity contribution is 6.30. The van der Waals surface area contributed by atoms with Gasteiger partial charge in [0.25, 0.3) is 5.91 Å². The molecule has 2 heterocycles. The number of carbonyl (C=O) groups is 3. The molecule has 3 aromatic rings. The summed E-state index contributed by atoms with van der Waals surface area (Å²) in [5, 5.41) is 6.76. The molecule has 4 amide bonds. The molecule has 0 aliphatic carbocycles. The lowest BCUT2D eigenvalue weighted by Crippen LogP contribution is -2.43. The van der Waals surface area contributed by atoms with Crippen LogP contribution in [0, 0.1) is 0 Å². The zero-order valence-electron chi connectivity index (χ0n) is 15.6. The van der Waals surface area contributed by atoms with E-state index in [1.807, 2.05) is 18.2 Å². The van der Waals surface area contributed by atoms with Crippen LogP contribution < -0.4 is 10.6 Å². The molecule has 1 aliphatic rings. The van der Waals surface area contributed by atoms with E-state index in [1.165, 1.54) is 0 Å². The minimum Gasteiger partial charge on any atom is -0.458 e. The fourth-order valence-corrected chi connectivity index (χ4v) is 3.36. The van der Waals surface area contributed by atoms with Gasteiger partial charge >= 0.3 is 6.03 Å². The zero-order valence-corrected chi connectivity index (χ0v) is 16.3. The second-order valence-corrected chi connectivity index (χ2v) is 7.43. The molecular formula is C21H18ClN3O4. The van der Waals surface area contributed by atoms with Crippen molar-refractivity contribution in [1.29, 1.82) is 0 Å². The number of furan rings is 1. The summed E-state index contributed by atoms with van der Waals surface area (Å²) in [6, 6.07) is 15.4. The van der Waals surface area contributed by atoms with Gasteiger partial charge in [0.2, 0.25) is 5.91 Å². The smallest absolute Gasteiger partial charge is 0.325 e. The lowest BCUT2D eigenvalue weighted by atomic mass is 9.99. The summed E-state index contributed by atoms with van der Waals surface area (Å²) in [6.45, 7) is 1.45. The first kappa shape index (κ1) is 19.0. The minimum atomic E-state index is -1.37. The van der Waals surface area contributed by atoms with Crippen molar-refractivity contribution in [2.45, 2.75) is 19.0 Å². The highest BCUT2D eigenvalue weighted by Gasteiger charge is 2.51. The largest absolute Gasteiger partial charge is 0.458 e. The van der Waals surface area contributed by atoms with Crippen LogP contribution in [0.15, 0.2) is 59.0 Å². The van der Waals surface area contributed by atoms with E-state index in [2.05, 4.69) is 10.6 Å². The maximum absolute atomic E-state index is 13.0. The van der Waals surface area contributed by atoms with Crippen LogP contribution in [0.25, 0.3) is 11.0 Å². The SMILES string of the molecule is CC1(c2cc3ccccc3o2)NC(=O)N(CC(=O)NCc2ccc(Cl)cc2)C1=O. The van der Waals surface area contributed by atoms with Gasteiger partial charge in [-0.2, -0.15) is 0 Å². The predicted octanol–water partition coefficient (Wildman–Crippen LogP) is 3.17. The first-order valence-corrected chi connectivity index (χ1v) is 9.39. The summed E-state index contributed by atoms with van der Waals surface area (Å²) >= 11 is 5.84. The zero-order chi connectivity index (χ0) is 20.6. The van der Waals surface area contributed by atoms with Crippen molar-refractivity contribution in [3.8, 4) is 0 Å². The Labute approximate surface area is 171 Å². The third-order valence-electron chi connectivity index (χ3n) is 4.90. The maximum Gasteiger partial charge on any atom is 0.325 e. The number of fused-ring (bicyclic) bond motifs is 1. The minimum absolute atomic E-state index is 0.264. The van der Waals surface area contributed by atoms with Crippen molar-refractivity contribution < 1.29 is 18.8 Å². The standard InChI is InChI=1S/C21H18ClN3O4/c1-21(17-10-14-4-2-3-5-16(14)29-17)19(27)25(20(28)24-21)12-18(26)23-11-13-6-8-15(22)9-7-13/h2-10H,11-12H2,1H3,(H,23,26)(H,24,28). The van der Waals surface area contributed by atoms with Gasteiger partial charge in [0, 0.05) is 17.0 Å². The van der Waals surface area contributed by atoms with Gasteiger partial charge in [-0.3, -0.25) is 14.5 Å². The summed E-state index contributed by atoms with van der Waals surface area (Å²) in [5.74, 6) is -0.665. The number of hydrogen-bond donors (Lipinski definition) is 2. The number of hydrogen-bond acceptors (Lipinski definition) is 4. The first-order valence-electron chi connectivity index (χ1n) is 9.01. The van der Waals surface area contributed by atoms with Crippen LogP contribution in [0.3, 0.4) is 0 Å². The molecule has 0 saturated carbocycles. The number of halogens is 1. The fraction of sp³-hybridized carbons (Fsp3) is 0.190. The highest BCUT2D eigenvalue weighted by atomic mass is 35.5. The number of nitrogens with zero attached hydrogens (tertiary/aromatic N) is 1. The van der Waals surface area contributed by atoms with E-state index >= 15 is 0 Å². The maximum atomic E-state index is 13.0. The Morgan fingerprint density at radius 1 is 1.17 bits per heavy atom. The predicted molar refractivity (Wildman–Crippen MR) is 107 cm³/mol. The van der Waals surface area contributed by atoms with E-state index in [-0.39, 0.29) is 13.1 Å². The molecular weight excluding hydrogens is 394 g/mol. The number of nitrogens with one attached hydrogen (secondary N) is 2. The molecule has 148 valence electrons. The van der Waals surface area contributed by atoms with Crippen LogP contribution >= 0.6 is 11.6 Å². The van der Waals surface area contributed by atoms with Crippen LogP contribution in [0.5, 0.6) is 0 Å². The first-order chi connectivity index (χ1) is 13.9. The van der Waals surface area contributed by atoms with Crippen molar-refractivity contribution in [2.75, 3.05) is 6.54 Å². The molecule has 7 nitrogen and oxygen atoms in total. The van der Waals surface area contributed by atoms with Crippen molar-refractivity contribution in [3.63, 3.8) is 0 Å². The number of urea groups is 1. The Kier molecular flexibility index (Phi) is 4.76. The molecule has 0 radical (unpaired) electrons. The van der Waals surface area contributed by atoms with E-state index in [0.29, 0.717) is 16.4 Å².